The molecule has 80 valence electrons. The lowest BCUT2D eigenvalue weighted by Crippen LogP contribution is -1.92. The third-order valence-electron chi connectivity index (χ3n) is 2.67. The Kier molecular flexibility index (Phi) is 3.16. The molecule has 1 aromatic heterocycles. The fraction of sp³-hybridized carbons (Fsp3) is 0.133. The quantitative estimate of drug-likeness (QED) is 0.700. The lowest BCUT2D eigenvalue weighted by Gasteiger charge is -2.07. The first kappa shape index (κ1) is 10.6. The third kappa shape index (κ3) is 1.89. The van der Waals surface area contributed by atoms with E-state index in [2.05, 4.69) is 36.3 Å². The van der Waals surface area contributed by atoms with Gasteiger partial charge < -0.3 is 0 Å². The van der Waals surface area contributed by atoms with Crippen molar-refractivity contribution < 1.29 is 0 Å². The Morgan fingerprint density at radius 3 is 2.44 bits per heavy atom. The molecule has 1 aromatic carbocycles. The fourth-order valence-electron chi connectivity index (χ4n) is 1.94. The molecule has 1 heteroatoms. The third-order valence-corrected chi connectivity index (χ3v) is 2.67. The van der Waals surface area contributed by atoms with Crippen LogP contribution in [0.15, 0.2) is 55.8 Å². The standard InChI is InChI=1S/C15H15N/c1-3-6-12-9-10-13(7-4-2)15-14(12)8-5-11-16-15/h3-5,8-11H,1-2,6-7H2. The molecule has 0 amide bonds. The zero-order chi connectivity index (χ0) is 11.4. The summed E-state index contributed by atoms with van der Waals surface area (Å²) in [5.74, 6) is 0. The van der Waals surface area contributed by atoms with E-state index in [4.69, 9.17) is 0 Å². The SMILES string of the molecule is C=CCc1ccc(CC=C)c2ncccc12. The second kappa shape index (κ2) is 4.75. The maximum absolute atomic E-state index is 4.46. The zero-order valence-corrected chi connectivity index (χ0v) is 9.32. The minimum Gasteiger partial charge on any atom is -0.256 e. The number of pyridine rings is 1. The molecule has 0 N–H and O–H groups in total. The molecule has 2 aromatic rings. The van der Waals surface area contributed by atoms with Crippen LogP contribution < -0.4 is 0 Å². The van der Waals surface area contributed by atoms with E-state index in [1.807, 2.05) is 24.4 Å². The monoisotopic (exact) mass is 209 g/mol. The van der Waals surface area contributed by atoms with Crippen molar-refractivity contribution >= 4 is 10.9 Å². The average Bonchev–Trinajstić information content (AvgIpc) is 2.33. The van der Waals surface area contributed by atoms with Gasteiger partial charge in [-0.2, -0.15) is 0 Å². The minimum absolute atomic E-state index is 0.863. The van der Waals surface area contributed by atoms with E-state index in [-0.39, 0.29) is 0 Å². The molecule has 0 unspecified atom stereocenters. The van der Waals surface area contributed by atoms with E-state index >= 15 is 0 Å². The summed E-state index contributed by atoms with van der Waals surface area (Å²) in [5.41, 5.74) is 3.60. The smallest absolute Gasteiger partial charge is 0.0739 e. The van der Waals surface area contributed by atoms with E-state index in [9.17, 15) is 0 Å². The van der Waals surface area contributed by atoms with Crippen LogP contribution in [0.25, 0.3) is 10.9 Å². The van der Waals surface area contributed by atoms with Crippen LogP contribution in [-0.4, -0.2) is 4.98 Å². The van der Waals surface area contributed by atoms with Gasteiger partial charge in [-0.1, -0.05) is 30.4 Å². The summed E-state index contributed by atoms with van der Waals surface area (Å²) in [4.78, 5) is 4.46. The average molecular weight is 209 g/mol. The van der Waals surface area contributed by atoms with E-state index in [1.165, 1.54) is 16.5 Å². The van der Waals surface area contributed by atoms with Gasteiger partial charge in [0.05, 0.1) is 5.52 Å². The van der Waals surface area contributed by atoms with Crippen molar-refractivity contribution in [2.75, 3.05) is 0 Å². The molecular formula is C15H15N. The first-order valence-electron chi connectivity index (χ1n) is 5.44. The van der Waals surface area contributed by atoms with E-state index in [1.54, 1.807) is 0 Å². The Balaban J connectivity index is 2.66. The van der Waals surface area contributed by atoms with Crippen molar-refractivity contribution in [3.63, 3.8) is 0 Å². The molecule has 0 spiro atoms. The van der Waals surface area contributed by atoms with Crippen LogP contribution in [0.2, 0.25) is 0 Å². The van der Waals surface area contributed by atoms with Crippen LogP contribution in [0.3, 0.4) is 0 Å². The summed E-state index contributed by atoms with van der Waals surface area (Å²) in [6, 6.07) is 8.39. The molecule has 0 radical (unpaired) electrons. The Bertz CT molecular complexity index is 477. The Labute approximate surface area is 96.1 Å². The maximum Gasteiger partial charge on any atom is 0.0739 e. The highest BCUT2D eigenvalue weighted by atomic mass is 14.6. The fourth-order valence-corrected chi connectivity index (χ4v) is 1.94. The molecule has 0 aliphatic carbocycles. The van der Waals surface area contributed by atoms with Gasteiger partial charge in [0.1, 0.15) is 0 Å². The first-order valence-corrected chi connectivity index (χ1v) is 5.44. The molecule has 0 fully saturated rings. The normalized spacial score (nSPS) is 10.2. The zero-order valence-electron chi connectivity index (χ0n) is 9.32. The molecule has 2 rings (SSSR count). The summed E-state index contributed by atoms with van der Waals surface area (Å²) in [7, 11) is 0. The Morgan fingerprint density at radius 1 is 1.00 bits per heavy atom. The number of nitrogens with zero attached hydrogens (tertiary/aromatic N) is 1. The summed E-state index contributed by atoms with van der Waals surface area (Å²) in [5, 5.41) is 1.22. The molecular weight excluding hydrogens is 194 g/mol. The first-order chi connectivity index (χ1) is 7.86. The van der Waals surface area contributed by atoms with Crippen molar-refractivity contribution in [1.82, 2.24) is 4.98 Å². The minimum atomic E-state index is 0.863. The van der Waals surface area contributed by atoms with Crippen molar-refractivity contribution in [3.8, 4) is 0 Å². The number of hydrogen-bond donors (Lipinski definition) is 0. The molecule has 0 bridgehead atoms. The van der Waals surface area contributed by atoms with Gasteiger partial charge in [-0.25, -0.2) is 0 Å². The summed E-state index contributed by atoms with van der Waals surface area (Å²) in [6.45, 7) is 7.56. The highest BCUT2D eigenvalue weighted by molar-refractivity contribution is 5.85. The Hall–Kier alpha value is -1.89. The summed E-state index contributed by atoms with van der Waals surface area (Å²) in [6.07, 6.45) is 7.43. The Morgan fingerprint density at radius 2 is 1.69 bits per heavy atom. The molecule has 1 heterocycles. The molecule has 0 saturated heterocycles. The number of aromatic nitrogens is 1. The van der Waals surface area contributed by atoms with Crippen LogP contribution in [0, 0.1) is 0 Å². The predicted molar refractivity (Wildman–Crippen MR) is 69.5 cm³/mol. The van der Waals surface area contributed by atoms with Gasteiger partial charge in [0.15, 0.2) is 0 Å². The predicted octanol–water partition coefficient (Wildman–Crippen LogP) is 3.69. The van der Waals surface area contributed by atoms with Gasteiger partial charge in [0, 0.05) is 11.6 Å². The molecule has 0 atom stereocenters. The largest absolute Gasteiger partial charge is 0.256 e. The van der Waals surface area contributed by atoms with E-state index in [0.29, 0.717) is 0 Å². The van der Waals surface area contributed by atoms with Gasteiger partial charge in [-0.05, 0) is 30.0 Å². The number of allylic oxidation sites excluding steroid dienone is 2. The summed E-state index contributed by atoms with van der Waals surface area (Å²) < 4.78 is 0. The molecule has 0 saturated carbocycles. The van der Waals surface area contributed by atoms with Crippen LogP contribution in [0.5, 0.6) is 0 Å². The van der Waals surface area contributed by atoms with Crippen molar-refractivity contribution in [2.45, 2.75) is 12.8 Å². The van der Waals surface area contributed by atoms with Crippen molar-refractivity contribution in [3.05, 3.63) is 66.9 Å². The van der Waals surface area contributed by atoms with Gasteiger partial charge in [0.25, 0.3) is 0 Å². The van der Waals surface area contributed by atoms with Crippen LogP contribution in [0.1, 0.15) is 11.1 Å². The molecule has 0 aliphatic rings. The highest BCUT2D eigenvalue weighted by Gasteiger charge is 2.04. The van der Waals surface area contributed by atoms with E-state index in [0.717, 1.165) is 18.4 Å². The lowest BCUT2D eigenvalue weighted by molar-refractivity contribution is 1.23. The number of hydrogen-bond acceptors (Lipinski definition) is 1. The van der Waals surface area contributed by atoms with Crippen LogP contribution in [-0.2, 0) is 12.8 Å². The highest BCUT2D eigenvalue weighted by Crippen LogP contribution is 2.22. The number of fused-ring (bicyclic) bond motifs is 1. The van der Waals surface area contributed by atoms with Crippen LogP contribution >= 0.6 is 0 Å². The van der Waals surface area contributed by atoms with Gasteiger partial charge in [-0.15, -0.1) is 13.2 Å². The molecule has 16 heavy (non-hydrogen) atoms. The van der Waals surface area contributed by atoms with Crippen molar-refractivity contribution in [2.24, 2.45) is 0 Å². The van der Waals surface area contributed by atoms with Gasteiger partial charge >= 0.3 is 0 Å². The number of benzene rings is 1. The van der Waals surface area contributed by atoms with E-state index < -0.39 is 0 Å². The molecule has 0 aliphatic heterocycles. The second-order valence-corrected chi connectivity index (χ2v) is 3.77. The van der Waals surface area contributed by atoms with Gasteiger partial charge in [0.2, 0.25) is 0 Å². The lowest BCUT2D eigenvalue weighted by atomic mass is 10.00. The second-order valence-electron chi connectivity index (χ2n) is 3.77. The van der Waals surface area contributed by atoms with Crippen molar-refractivity contribution in [1.29, 1.82) is 0 Å². The topological polar surface area (TPSA) is 12.9 Å². The van der Waals surface area contributed by atoms with Gasteiger partial charge in [-0.3, -0.25) is 4.98 Å². The number of rotatable bonds is 4. The summed E-state index contributed by atoms with van der Waals surface area (Å²) >= 11 is 0. The van der Waals surface area contributed by atoms with Crippen LogP contribution in [0.4, 0.5) is 0 Å². The molecule has 1 nitrogen and oxygen atoms in total. The maximum atomic E-state index is 4.46.